The van der Waals surface area contributed by atoms with Crippen LogP contribution in [0.4, 0.5) is 0 Å². The van der Waals surface area contributed by atoms with Gasteiger partial charge in [0.1, 0.15) is 5.58 Å². The maximum Gasteiger partial charge on any atom is 0.212 e. The molecule has 0 fully saturated rings. The van der Waals surface area contributed by atoms with Gasteiger partial charge in [-0.3, -0.25) is 0 Å². The second-order valence-electron chi connectivity index (χ2n) is 2.63. The van der Waals surface area contributed by atoms with E-state index in [-0.39, 0.29) is 0 Å². The van der Waals surface area contributed by atoms with E-state index in [1.165, 1.54) is 0 Å². The number of furan rings is 1. The maximum absolute atomic E-state index is 5.45. The van der Waals surface area contributed by atoms with Crippen LogP contribution in [0.5, 0.6) is 5.75 Å². The normalized spacial score (nSPS) is 10.6. The van der Waals surface area contributed by atoms with Crippen molar-refractivity contribution in [3.63, 3.8) is 0 Å². The van der Waals surface area contributed by atoms with E-state index in [4.69, 9.17) is 9.15 Å². The van der Waals surface area contributed by atoms with Crippen LogP contribution >= 0.6 is 15.9 Å². The molecule has 0 spiro atoms. The van der Waals surface area contributed by atoms with Crippen LogP contribution in [-0.2, 0) is 0 Å². The van der Waals surface area contributed by atoms with Crippen LogP contribution in [0.15, 0.2) is 33.4 Å². The van der Waals surface area contributed by atoms with Gasteiger partial charge in [-0.25, -0.2) is 0 Å². The second-order valence-corrected chi connectivity index (χ2v) is 3.35. The summed E-state index contributed by atoms with van der Waals surface area (Å²) in [6, 6.07) is 7.80. The average molecular weight is 241 g/mol. The predicted octanol–water partition coefficient (Wildman–Crippen LogP) is 3.59. The number of fused-ring (bicyclic) bond motifs is 1. The second kappa shape index (κ2) is 3.42. The SMILES string of the molecule is CCOc1c(Br)oc2ccccc12. The minimum Gasteiger partial charge on any atom is -0.489 e. The van der Waals surface area contributed by atoms with Crippen LogP contribution in [-0.4, -0.2) is 6.61 Å². The van der Waals surface area contributed by atoms with Crippen molar-refractivity contribution < 1.29 is 9.15 Å². The third kappa shape index (κ3) is 1.44. The average Bonchev–Trinajstić information content (AvgIpc) is 2.44. The topological polar surface area (TPSA) is 22.4 Å². The van der Waals surface area contributed by atoms with Crippen molar-refractivity contribution in [3.05, 3.63) is 28.9 Å². The van der Waals surface area contributed by atoms with Gasteiger partial charge >= 0.3 is 0 Å². The van der Waals surface area contributed by atoms with Gasteiger partial charge in [-0.1, -0.05) is 12.1 Å². The number of hydrogen-bond donors (Lipinski definition) is 0. The van der Waals surface area contributed by atoms with Crippen molar-refractivity contribution in [2.45, 2.75) is 6.92 Å². The first-order valence-corrected chi connectivity index (χ1v) is 4.92. The van der Waals surface area contributed by atoms with Gasteiger partial charge in [0.15, 0.2) is 5.75 Å². The Kier molecular flexibility index (Phi) is 2.27. The van der Waals surface area contributed by atoms with Gasteiger partial charge in [-0.05, 0) is 35.0 Å². The third-order valence-corrected chi connectivity index (χ3v) is 2.32. The molecule has 0 saturated carbocycles. The number of para-hydroxylation sites is 1. The molecule has 0 unspecified atom stereocenters. The fourth-order valence-corrected chi connectivity index (χ4v) is 1.77. The minimum absolute atomic E-state index is 0.641. The van der Waals surface area contributed by atoms with Gasteiger partial charge in [0, 0.05) is 0 Å². The lowest BCUT2D eigenvalue weighted by Gasteiger charge is -1.98. The molecule has 1 aromatic heterocycles. The van der Waals surface area contributed by atoms with E-state index in [1.54, 1.807) is 0 Å². The molecule has 0 atom stereocenters. The van der Waals surface area contributed by atoms with Crippen molar-refractivity contribution in [1.82, 2.24) is 0 Å². The predicted molar refractivity (Wildman–Crippen MR) is 55.1 cm³/mol. The van der Waals surface area contributed by atoms with Gasteiger partial charge in [0.2, 0.25) is 4.67 Å². The van der Waals surface area contributed by atoms with Crippen molar-refractivity contribution in [1.29, 1.82) is 0 Å². The highest BCUT2D eigenvalue weighted by Crippen LogP contribution is 2.36. The zero-order chi connectivity index (χ0) is 9.26. The first-order chi connectivity index (χ1) is 6.33. The summed E-state index contributed by atoms with van der Waals surface area (Å²) in [6.07, 6.45) is 0. The summed E-state index contributed by atoms with van der Waals surface area (Å²) in [5.41, 5.74) is 0.845. The van der Waals surface area contributed by atoms with Crippen LogP contribution < -0.4 is 4.74 Å². The molecule has 0 aliphatic rings. The molecule has 0 radical (unpaired) electrons. The minimum atomic E-state index is 0.641. The van der Waals surface area contributed by atoms with Gasteiger partial charge in [-0.15, -0.1) is 0 Å². The number of halogens is 1. The van der Waals surface area contributed by atoms with E-state index in [0.717, 1.165) is 16.7 Å². The molecule has 68 valence electrons. The maximum atomic E-state index is 5.45. The molecule has 0 saturated heterocycles. The van der Waals surface area contributed by atoms with Gasteiger partial charge in [-0.2, -0.15) is 0 Å². The summed E-state index contributed by atoms with van der Waals surface area (Å²) >= 11 is 3.32. The molecule has 1 heterocycles. The van der Waals surface area contributed by atoms with Crippen molar-refractivity contribution in [2.75, 3.05) is 6.61 Å². The standard InChI is InChI=1S/C10H9BrO2/c1-2-12-9-7-5-3-4-6-8(7)13-10(9)11/h3-6H,2H2,1H3. The van der Waals surface area contributed by atoms with E-state index in [1.807, 2.05) is 31.2 Å². The lowest BCUT2D eigenvalue weighted by molar-refractivity contribution is 0.334. The van der Waals surface area contributed by atoms with E-state index in [2.05, 4.69) is 15.9 Å². The Morgan fingerprint density at radius 3 is 2.92 bits per heavy atom. The molecule has 2 nitrogen and oxygen atoms in total. The van der Waals surface area contributed by atoms with Crippen molar-refractivity contribution in [3.8, 4) is 5.75 Å². The van der Waals surface area contributed by atoms with Crippen LogP contribution in [0.2, 0.25) is 0 Å². The van der Waals surface area contributed by atoms with Crippen molar-refractivity contribution in [2.24, 2.45) is 0 Å². The summed E-state index contributed by atoms with van der Waals surface area (Å²) in [7, 11) is 0. The zero-order valence-electron chi connectivity index (χ0n) is 7.21. The Morgan fingerprint density at radius 1 is 1.38 bits per heavy atom. The summed E-state index contributed by atoms with van der Waals surface area (Å²) in [4.78, 5) is 0. The molecule has 0 amide bonds. The lowest BCUT2D eigenvalue weighted by atomic mass is 10.2. The Bertz CT molecular complexity index is 420. The van der Waals surface area contributed by atoms with Gasteiger partial charge in [0.25, 0.3) is 0 Å². The largest absolute Gasteiger partial charge is 0.489 e. The zero-order valence-corrected chi connectivity index (χ0v) is 8.80. The molecular weight excluding hydrogens is 232 g/mol. The molecule has 3 heteroatoms. The fourth-order valence-electron chi connectivity index (χ4n) is 1.27. The summed E-state index contributed by atoms with van der Waals surface area (Å²) in [6.45, 7) is 2.59. The fraction of sp³-hybridized carbons (Fsp3) is 0.200. The molecule has 1 aromatic carbocycles. The smallest absolute Gasteiger partial charge is 0.212 e. The first kappa shape index (κ1) is 8.63. The van der Waals surface area contributed by atoms with E-state index in [9.17, 15) is 0 Å². The molecule has 0 bridgehead atoms. The highest BCUT2D eigenvalue weighted by atomic mass is 79.9. The molecular formula is C10H9BrO2. The Labute approximate surface area is 84.6 Å². The van der Waals surface area contributed by atoms with E-state index < -0.39 is 0 Å². The van der Waals surface area contributed by atoms with E-state index >= 15 is 0 Å². The molecule has 0 aliphatic carbocycles. The van der Waals surface area contributed by atoms with Crippen LogP contribution in [0, 0.1) is 0 Å². The number of hydrogen-bond acceptors (Lipinski definition) is 2. The summed E-state index contributed by atoms with van der Waals surface area (Å²) in [5.74, 6) is 0.790. The quantitative estimate of drug-likeness (QED) is 0.801. The molecule has 2 aromatic rings. The molecule has 13 heavy (non-hydrogen) atoms. The molecule has 2 rings (SSSR count). The molecule has 0 aliphatic heterocycles. The number of ether oxygens (including phenoxy) is 1. The third-order valence-electron chi connectivity index (χ3n) is 1.80. The summed E-state index contributed by atoms with van der Waals surface area (Å²) in [5, 5.41) is 1.01. The van der Waals surface area contributed by atoms with Gasteiger partial charge < -0.3 is 9.15 Å². The van der Waals surface area contributed by atoms with Gasteiger partial charge in [0.05, 0.1) is 12.0 Å². The number of rotatable bonds is 2. The van der Waals surface area contributed by atoms with Crippen LogP contribution in [0.1, 0.15) is 6.92 Å². The Morgan fingerprint density at radius 2 is 2.15 bits per heavy atom. The Balaban J connectivity index is 2.64. The lowest BCUT2D eigenvalue weighted by Crippen LogP contribution is -1.90. The molecule has 0 N–H and O–H groups in total. The van der Waals surface area contributed by atoms with Crippen molar-refractivity contribution >= 4 is 26.9 Å². The first-order valence-electron chi connectivity index (χ1n) is 4.12. The van der Waals surface area contributed by atoms with Crippen LogP contribution in [0.3, 0.4) is 0 Å². The van der Waals surface area contributed by atoms with E-state index in [0.29, 0.717) is 11.3 Å². The highest BCUT2D eigenvalue weighted by Gasteiger charge is 2.11. The highest BCUT2D eigenvalue weighted by molar-refractivity contribution is 9.10. The summed E-state index contributed by atoms with van der Waals surface area (Å²) < 4.78 is 11.6. The Hall–Kier alpha value is -0.960. The monoisotopic (exact) mass is 240 g/mol. The number of benzene rings is 1. The van der Waals surface area contributed by atoms with Crippen LogP contribution in [0.25, 0.3) is 11.0 Å².